The summed E-state index contributed by atoms with van der Waals surface area (Å²) in [6, 6.07) is 4.46. The highest BCUT2D eigenvalue weighted by molar-refractivity contribution is 7.10. The van der Waals surface area contributed by atoms with Crippen LogP contribution >= 0.6 is 11.3 Å². The predicted molar refractivity (Wildman–Crippen MR) is 75.6 cm³/mol. The Balaban J connectivity index is 2.22. The van der Waals surface area contributed by atoms with Crippen LogP contribution in [0.2, 0.25) is 0 Å². The van der Waals surface area contributed by atoms with Gasteiger partial charge in [-0.25, -0.2) is 15.8 Å². The third-order valence-corrected chi connectivity index (χ3v) is 3.81. The normalized spacial score (nSPS) is 12.2. The summed E-state index contributed by atoms with van der Waals surface area (Å²) in [5, 5.41) is 5.52. The van der Waals surface area contributed by atoms with E-state index in [1.165, 1.54) is 11.2 Å². The number of hydrogen-bond donors (Lipinski definition) is 3. The van der Waals surface area contributed by atoms with Gasteiger partial charge in [-0.3, -0.25) is 0 Å². The van der Waals surface area contributed by atoms with E-state index < -0.39 is 0 Å². The quantitative estimate of drug-likeness (QED) is 0.571. The molecule has 0 aliphatic rings. The van der Waals surface area contributed by atoms with Crippen molar-refractivity contribution in [3.8, 4) is 0 Å². The summed E-state index contributed by atoms with van der Waals surface area (Å²) in [5.41, 5.74) is 3.50. The van der Waals surface area contributed by atoms with E-state index in [2.05, 4.69) is 45.1 Å². The zero-order valence-electron chi connectivity index (χ0n) is 10.5. The van der Waals surface area contributed by atoms with Gasteiger partial charge in [-0.15, -0.1) is 11.3 Å². The van der Waals surface area contributed by atoms with Crippen LogP contribution in [-0.4, -0.2) is 9.97 Å². The lowest BCUT2D eigenvalue weighted by atomic mass is 10.2. The molecule has 0 aromatic carbocycles. The highest BCUT2D eigenvalue weighted by atomic mass is 32.1. The van der Waals surface area contributed by atoms with Gasteiger partial charge in [0.1, 0.15) is 18.0 Å². The summed E-state index contributed by atoms with van der Waals surface area (Å²) < 4.78 is 0. The molecule has 0 aliphatic heterocycles. The van der Waals surface area contributed by atoms with Gasteiger partial charge in [-0.05, 0) is 24.8 Å². The number of anilines is 2. The summed E-state index contributed by atoms with van der Waals surface area (Å²) >= 11 is 1.74. The Kier molecular flexibility index (Phi) is 4.11. The molecule has 0 saturated heterocycles. The summed E-state index contributed by atoms with van der Waals surface area (Å²) in [7, 11) is 0. The smallest absolute Gasteiger partial charge is 0.148 e. The average Bonchev–Trinajstić information content (AvgIpc) is 2.91. The van der Waals surface area contributed by atoms with Crippen molar-refractivity contribution in [2.75, 3.05) is 10.7 Å². The molecule has 0 amide bonds. The summed E-state index contributed by atoms with van der Waals surface area (Å²) in [6.45, 7) is 4.09. The zero-order chi connectivity index (χ0) is 13.0. The number of aromatic nitrogens is 2. The lowest BCUT2D eigenvalue weighted by Crippen LogP contribution is -2.14. The second-order valence-corrected chi connectivity index (χ2v) is 4.94. The lowest BCUT2D eigenvalue weighted by Gasteiger charge is -2.18. The molecule has 18 heavy (non-hydrogen) atoms. The first-order valence-corrected chi connectivity index (χ1v) is 6.72. The first-order chi connectivity index (χ1) is 8.76. The molecule has 0 radical (unpaired) electrons. The third-order valence-electron chi connectivity index (χ3n) is 2.83. The van der Waals surface area contributed by atoms with Gasteiger partial charge in [0, 0.05) is 10.4 Å². The second-order valence-electron chi connectivity index (χ2n) is 3.96. The molecule has 6 heteroatoms. The van der Waals surface area contributed by atoms with Crippen molar-refractivity contribution >= 4 is 23.0 Å². The number of nitrogens with zero attached hydrogens (tertiary/aromatic N) is 2. The van der Waals surface area contributed by atoms with Gasteiger partial charge in [0.15, 0.2) is 0 Å². The number of nitrogens with one attached hydrogen (secondary N) is 2. The van der Waals surface area contributed by atoms with E-state index in [0.717, 1.165) is 17.8 Å². The Labute approximate surface area is 110 Å². The van der Waals surface area contributed by atoms with Gasteiger partial charge in [0.25, 0.3) is 0 Å². The van der Waals surface area contributed by atoms with Crippen LogP contribution in [0.3, 0.4) is 0 Å². The molecule has 2 rings (SSSR count). The van der Waals surface area contributed by atoms with Gasteiger partial charge >= 0.3 is 0 Å². The Hall–Kier alpha value is -1.66. The summed E-state index contributed by atoms with van der Waals surface area (Å²) in [6.07, 6.45) is 2.50. The van der Waals surface area contributed by atoms with Crippen LogP contribution < -0.4 is 16.6 Å². The molecule has 5 nitrogen and oxygen atoms in total. The molecule has 1 atom stereocenters. The fourth-order valence-corrected chi connectivity index (χ4v) is 2.63. The average molecular weight is 263 g/mol. The Bertz CT molecular complexity index is 497. The topological polar surface area (TPSA) is 75.9 Å². The monoisotopic (exact) mass is 263 g/mol. The molecule has 2 aromatic rings. The van der Waals surface area contributed by atoms with Crippen molar-refractivity contribution in [1.29, 1.82) is 0 Å². The molecule has 96 valence electrons. The number of thiophene rings is 1. The fraction of sp³-hybridized carbons (Fsp3) is 0.333. The number of hydrazine groups is 1. The largest absolute Gasteiger partial charge is 0.362 e. The second kappa shape index (κ2) is 5.79. The fourth-order valence-electron chi connectivity index (χ4n) is 1.77. The van der Waals surface area contributed by atoms with Crippen LogP contribution in [-0.2, 0) is 0 Å². The predicted octanol–water partition coefficient (Wildman–Crippen LogP) is 2.70. The molecule has 2 heterocycles. The van der Waals surface area contributed by atoms with E-state index in [0.29, 0.717) is 5.82 Å². The third kappa shape index (κ3) is 2.60. The van der Waals surface area contributed by atoms with E-state index in [4.69, 9.17) is 5.84 Å². The minimum atomic E-state index is 0.268. The van der Waals surface area contributed by atoms with E-state index in [1.54, 1.807) is 11.3 Å². The Morgan fingerprint density at radius 1 is 1.39 bits per heavy atom. The van der Waals surface area contributed by atoms with Gasteiger partial charge in [0.05, 0.1) is 6.04 Å². The number of nitrogen functional groups attached to an aromatic ring is 1. The molecule has 1 unspecified atom stereocenters. The molecule has 0 aliphatic carbocycles. The molecule has 0 bridgehead atoms. The van der Waals surface area contributed by atoms with Crippen molar-refractivity contribution in [2.24, 2.45) is 5.84 Å². The minimum absolute atomic E-state index is 0.268. The maximum atomic E-state index is 5.41. The van der Waals surface area contributed by atoms with Gasteiger partial charge in [-0.1, -0.05) is 13.0 Å². The zero-order valence-corrected chi connectivity index (χ0v) is 11.3. The van der Waals surface area contributed by atoms with E-state index in [-0.39, 0.29) is 6.04 Å². The molecule has 2 aromatic heterocycles. The number of hydrogen-bond acceptors (Lipinski definition) is 6. The van der Waals surface area contributed by atoms with Crippen molar-refractivity contribution in [1.82, 2.24) is 9.97 Å². The Morgan fingerprint density at radius 3 is 2.78 bits per heavy atom. The van der Waals surface area contributed by atoms with Gasteiger partial charge in [-0.2, -0.15) is 0 Å². The number of nitrogens with two attached hydrogens (primary N) is 1. The van der Waals surface area contributed by atoms with E-state index >= 15 is 0 Å². The minimum Gasteiger partial charge on any atom is -0.362 e. The lowest BCUT2D eigenvalue weighted by molar-refractivity contribution is 0.756. The summed E-state index contributed by atoms with van der Waals surface area (Å²) in [5.74, 6) is 6.88. The summed E-state index contributed by atoms with van der Waals surface area (Å²) in [4.78, 5) is 9.64. The van der Waals surface area contributed by atoms with Crippen molar-refractivity contribution < 1.29 is 0 Å². The van der Waals surface area contributed by atoms with Crippen LogP contribution in [0.1, 0.15) is 29.8 Å². The van der Waals surface area contributed by atoms with Crippen LogP contribution in [0.15, 0.2) is 23.8 Å². The van der Waals surface area contributed by atoms with Crippen molar-refractivity contribution in [3.63, 3.8) is 0 Å². The maximum Gasteiger partial charge on any atom is 0.148 e. The molecule has 0 saturated carbocycles. The van der Waals surface area contributed by atoms with Crippen LogP contribution in [0.5, 0.6) is 0 Å². The van der Waals surface area contributed by atoms with E-state index in [9.17, 15) is 0 Å². The highest BCUT2D eigenvalue weighted by Crippen LogP contribution is 2.27. The number of rotatable bonds is 5. The van der Waals surface area contributed by atoms with Gasteiger partial charge in [0.2, 0.25) is 0 Å². The maximum absolute atomic E-state index is 5.41. The van der Waals surface area contributed by atoms with Crippen LogP contribution in [0, 0.1) is 6.92 Å². The first-order valence-electron chi connectivity index (χ1n) is 5.84. The molecule has 0 fully saturated rings. The van der Waals surface area contributed by atoms with Gasteiger partial charge < -0.3 is 10.7 Å². The highest BCUT2D eigenvalue weighted by Gasteiger charge is 2.13. The molecule has 0 spiro atoms. The van der Waals surface area contributed by atoms with E-state index in [1.807, 2.05) is 6.92 Å². The molecular weight excluding hydrogens is 246 g/mol. The van der Waals surface area contributed by atoms with Crippen LogP contribution in [0.4, 0.5) is 11.6 Å². The van der Waals surface area contributed by atoms with Crippen molar-refractivity contribution in [2.45, 2.75) is 26.3 Å². The molecule has 4 N–H and O–H groups in total. The van der Waals surface area contributed by atoms with Crippen molar-refractivity contribution in [3.05, 3.63) is 34.3 Å². The van der Waals surface area contributed by atoms with Crippen LogP contribution in [0.25, 0.3) is 0 Å². The first kappa shape index (κ1) is 12.8. The Morgan fingerprint density at radius 2 is 2.17 bits per heavy atom. The SMILES string of the molecule is CCC(Nc1ncnc(NN)c1C)c1cccs1. The molecular formula is C12H17N5S. The standard InChI is InChI=1S/C12H17N5S/c1-3-9(10-5-4-6-18-10)16-11-8(2)12(17-13)15-7-14-11/h4-7,9H,3,13H2,1-2H3,(H2,14,15,16,17).